The van der Waals surface area contributed by atoms with E-state index < -0.39 is 0 Å². The van der Waals surface area contributed by atoms with E-state index in [1.165, 1.54) is 43.2 Å². The van der Waals surface area contributed by atoms with Gasteiger partial charge >= 0.3 is 0 Å². The van der Waals surface area contributed by atoms with E-state index >= 15 is 0 Å². The van der Waals surface area contributed by atoms with Crippen LogP contribution >= 0.6 is 0 Å². The maximum absolute atomic E-state index is 5.65. The molecule has 0 bridgehead atoms. The molecular weight excluding hydrogens is 210 g/mol. The summed E-state index contributed by atoms with van der Waals surface area (Å²) < 4.78 is 0. The van der Waals surface area contributed by atoms with Crippen LogP contribution < -0.4 is 5.73 Å². The van der Waals surface area contributed by atoms with Gasteiger partial charge in [-0.15, -0.1) is 0 Å². The van der Waals surface area contributed by atoms with E-state index in [-0.39, 0.29) is 0 Å². The second kappa shape index (κ2) is 4.49. The van der Waals surface area contributed by atoms with Gasteiger partial charge in [0.05, 0.1) is 5.52 Å². The highest BCUT2D eigenvalue weighted by Gasteiger charge is 2.19. The molecule has 0 spiro atoms. The van der Waals surface area contributed by atoms with E-state index in [0.29, 0.717) is 12.5 Å². The van der Waals surface area contributed by atoms with Crippen LogP contribution in [-0.4, -0.2) is 10.2 Å². The lowest BCUT2D eigenvalue weighted by atomic mass is 9.86. The summed E-state index contributed by atoms with van der Waals surface area (Å²) >= 11 is 0. The molecule has 1 aliphatic rings. The van der Waals surface area contributed by atoms with Crippen molar-refractivity contribution in [2.45, 2.75) is 44.6 Å². The topological polar surface area (TPSA) is 54.7 Å². The summed E-state index contributed by atoms with van der Waals surface area (Å²) in [6.07, 6.45) is 6.70. The van der Waals surface area contributed by atoms with Crippen LogP contribution in [0.25, 0.3) is 10.9 Å². The third-order valence-corrected chi connectivity index (χ3v) is 3.90. The summed E-state index contributed by atoms with van der Waals surface area (Å²) in [6, 6.07) is 6.38. The molecule has 3 heteroatoms. The van der Waals surface area contributed by atoms with Gasteiger partial charge in [0.15, 0.2) is 0 Å². The van der Waals surface area contributed by atoms with Crippen molar-refractivity contribution in [2.75, 3.05) is 0 Å². The van der Waals surface area contributed by atoms with Crippen molar-refractivity contribution in [1.29, 1.82) is 0 Å². The maximum atomic E-state index is 5.65. The summed E-state index contributed by atoms with van der Waals surface area (Å²) in [5, 5.41) is 8.95. The summed E-state index contributed by atoms with van der Waals surface area (Å²) in [5.41, 5.74) is 9.20. The Labute approximate surface area is 101 Å². The predicted octanol–water partition coefficient (Wildman–Crippen LogP) is 3.07. The van der Waals surface area contributed by atoms with Crippen molar-refractivity contribution >= 4 is 10.9 Å². The van der Waals surface area contributed by atoms with Gasteiger partial charge in [0, 0.05) is 23.5 Å². The number of nitrogens with zero attached hydrogens (tertiary/aromatic N) is 1. The first-order chi connectivity index (χ1) is 8.38. The van der Waals surface area contributed by atoms with Gasteiger partial charge in [0.25, 0.3) is 0 Å². The first-order valence-corrected chi connectivity index (χ1v) is 6.55. The Hall–Kier alpha value is -1.35. The Morgan fingerprint density at radius 1 is 1.24 bits per heavy atom. The minimum atomic E-state index is 0.585. The lowest BCUT2D eigenvalue weighted by Crippen LogP contribution is -2.05. The second-order valence-corrected chi connectivity index (χ2v) is 5.03. The van der Waals surface area contributed by atoms with E-state index in [2.05, 4.69) is 28.4 Å². The zero-order chi connectivity index (χ0) is 11.7. The molecule has 0 unspecified atom stereocenters. The SMILES string of the molecule is NCc1ccc2c(C3CCCCC3)[nH]nc2c1. The number of rotatable bonds is 2. The summed E-state index contributed by atoms with van der Waals surface area (Å²) in [4.78, 5) is 0. The van der Waals surface area contributed by atoms with Gasteiger partial charge in [-0.3, -0.25) is 5.10 Å². The third kappa shape index (κ3) is 1.95. The number of H-pyrrole nitrogens is 1. The zero-order valence-corrected chi connectivity index (χ0v) is 10.1. The van der Waals surface area contributed by atoms with Gasteiger partial charge in [0.2, 0.25) is 0 Å². The van der Waals surface area contributed by atoms with Crippen LogP contribution in [0.3, 0.4) is 0 Å². The zero-order valence-electron chi connectivity index (χ0n) is 10.1. The lowest BCUT2D eigenvalue weighted by Gasteiger charge is -2.20. The van der Waals surface area contributed by atoms with E-state index in [1.54, 1.807) is 0 Å². The Morgan fingerprint density at radius 3 is 2.82 bits per heavy atom. The number of hydrogen-bond acceptors (Lipinski definition) is 2. The van der Waals surface area contributed by atoms with Crippen molar-refractivity contribution in [3.63, 3.8) is 0 Å². The standard InChI is InChI=1S/C14H19N3/c15-9-10-6-7-12-13(8-10)16-17-14(12)11-4-2-1-3-5-11/h6-8,11H,1-5,9,15H2,(H,16,17). The highest BCUT2D eigenvalue weighted by Crippen LogP contribution is 2.35. The molecule has 0 aliphatic heterocycles. The average molecular weight is 229 g/mol. The molecule has 1 fully saturated rings. The van der Waals surface area contributed by atoms with Crippen molar-refractivity contribution in [1.82, 2.24) is 10.2 Å². The van der Waals surface area contributed by atoms with Crippen molar-refractivity contribution in [3.05, 3.63) is 29.5 Å². The normalized spacial score (nSPS) is 17.7. The van der Waals surface area contributed by atoms with Crippen LogP contribution in [0.5, 0.6) is 0 Å². The monoisotopic (exact) mass is 229 g/mol. The summed E-state index contributed by atoms with van der Waals surface area (Å²) in [7, 11) is 0. The van der Waals surface area contributed by atoms with Crippen LogP contribution in [0.15, 0.2) is 18.2 Å². The Kier molecular flexibility index (Phi) is 2.85. The van der Waals surface area contributed by atoms with Crippen LogP contribution in [0.1, 0.15) is 49.3 Å². The van der Waals surface area contributed by atoms with E-state index in [4.69, 9.17) is 5.73 Å². The molecule has 1 aliphatic carbocycles. The molecule has 2 aromatic rings. The van der Waals surface area contributed by atoms with E-state index in [9.17, 15) is 0 Å². The molecule has 17 heavy (non-hydrogen) atoms. The molecule has 3 nitrogen and oxygen atoms in total. The predicted molar refractivity (Wildman–Crippen MR) is 69.8 cm³/mol. The van der Waals surface area contributed by atoms with Gasteiger partial charge < -0.3 is 5.73 Å². The largest absolute Gasteiger partial charge is 0.326 e. The molecule has 1 saturated carbocycles. The van der Waals surface area contributed by atoms with Gasteiger partial charge in [-0.25, -0.2) is 0 Å². The number of aromatic amines is 1. The fourth-order valence-electron chi connectivity index (χ4n) is 2.91. The highest BCUT2D eigenvalue weighted by atomic mass is 15.1. The summed E-state index contributed by atoms with van der Waals surface area (Å²) in [5.74, 6) is 0.678. The summed E-state index contributed by atoms with van der Waals surface area (Å²) in [6.45, 7) is 0.585. The number of hydrogen-bond donors (Lipinski definition) is 2. The quantitative estimate of drug-likeness (QED) is 0.831. The molecule has 0 amide bonds. The minimum Gasteiger partial charge on any atom is -0.326 e. The molecule has 1 aromatic heterocycles. The van der Waals surface area contributed by atoms with Gasteiger partial charge in [0.1, 0.15) is 0 Å². The van der Waals surface area contributed by atoms with Crippen molar-refractivity contribution in [3.8, 4) is 0 Å². The Balaban J connectivity index is 1.99. The fraction of sp³-hybridized carbons (Fsp3) is 0.500. The second-order valence-electron chi connectivity index (χ2n) is 5.03. The van der Waals surface area contributed by atoms with Gasteiger partial charge in [-0.2, -0.15) is 5.10 Å². The van der Waals surface area contributed by atoms with Crippen LogP contribution in [-0.2, 0) is 6.54 Å². The maximum Gasteiger partial charge on any atom is 0.0927 e. The Morgan fingerprint density at radius 2 is 2.06 bits per heavy atom. The molecule has 3 N–H and O–H groups in total. The van der Waals surface area contributed by atoms with Gasteiger partial charge in [-0.1, -0.05) is 31.4 Å². The van der Waals surface area contributed by atoms with Crippen LogP contribution in [0, 0.1) is 0 Å². The smallest absolute Gasteiger partial charge is 0.0927 e. The number of nitrogens with two attached hydrogens (primary N) is 1. The van der Waals surface area contributed by atoms with E-state index in [0.717, 1.165) is 11.1 Å². The first kappa shape index (κ1) is 10.8. The van der Waals surface area contributed by atoms with Gasteiger partial charge in [-0.05, 0) is 24.5 Å². The molecule has 0 atom stereocenters. The van der Waals surface area contributed by atoms with E-state index in [1.807, 2.05) is 0 Å². The molecule has 1 heterocycles. The molecule has 0 radical (unpaired) electrons. The van der Waals surface area contributed by atoms with Crippen molar-refractivity contribution < 1.29 is 0 Å². The molecule has 1 aromatic carbocycles. The van der Waals surface area contributed by atoms with Crippen LogP contribution in [0.2, 0.25) is 0 Å². The highest BCUT2D eigenvalue weighted by molar-refractivity contribution is 5.82. The molecular formula is C14H19N3. The minimum absolute atomic E-state index is 0.585. The molecule has 0 saturated heterocycles. The number of benzene rings is 1. The fourth-order valence-corrected chi connectivity index (χ4v) is 2.91. The average Bonchev–Trinajstić information content (AvgIpc) is 2.82. The molecule has 3 rings (SSSR count). The lowest BCUT2D eigenvalue weighted by molar-refractivity contribution is 0.438. The third-order valence-electron chi connectivity index (χ3n) is 3.90. The number of fused-ring (bicyclic) bond motifs is 1. The Bertz CT molecular complexity index is 509. The van der Waals surface area contributed by atoms with Crippen molar-refractivity contribution in [2.24, 2.45) is 5.73 Å². The molecule has 90 valence electrons. The number of aromatic nitrogens is 2. The first-order valence-electron chi connectivity index (χ1n) is 6.55. The van der Waals surface area contributed by atoms with Crippen LogP contribution in [0.4, 0.5) is 0 Å². The number of nitrogens with one attached hydrogen (secondary N) is 1.